The maximum Gasteiger partial charge on any atom is -0.0114 e. The van der Waals surface area contributed by atoms with Crippen LogP contribution in [0.1, 0.15) is 48.9 Å². The van der Waals surface area contributed by atoms with Crippen molar-refractivity contribution in [2.24, 2.45) is 0 Å². The summed E-state index contributed by atoms with van der Waals surface area (Å²) >= 11 is 0. The molecule has 18 heavy (non-hydrogen) atoms. The summed E-state index contributed by atoms with van der Waals surface area (Å²) in [5.74, 6) is 0. The maximum absolute atomic E-state index is 2.49. The second-order valence-electron chi connectivity index (χ2n) is 5.43. The molecular formula is C18H22. The first-order valence-electron chi connectivity index (χ1n) is 7.40. The molecule has 3 aliphatic carbocycles. The normalized spacial score (nSPS) is 14.8. The van der Waals surface area contributed by atoms with Gasteiger partial charge in [-0.25, -0.2) is 0 Å². The van der Waals surface area contributed by atoms with E-state index < -0.39 is 0 Å². The highest BCUT2D eigenvalue weighted by atomic mass is 14.3. The standard InChI is InChI=1S/C18H22/c1-3-13-9-7-10-14(4-2)18-16-11-6-5-8-15(16)12-17(13)18/h7,9-10,12H,3-6,8,11H2,1-2H3. The van der Waals surface area contributed by atoms with Crippen molar-refractivity contribution in [1.82, 2.24) is 0 Å². The van der Waals surface area contributed by atoms with Gasteiger partial charge in [0.2, 0.25) is 0 Å². The van der Waals surface area contributed by atoms with Gasteiger partial charge in [-0.3, -0.25) is 0 Å². The van der Waals surface area contributed by atoms with Crippen LogP contribution in [0.25, 0.3) is 11.1 Å². The zero-order valence-corrected chi connectivity index (χ0v) is 11.6. The first-order chi connectivity index (χ1) is 8.85. The molecule has 0 unspecified atom stereocenters. The van der Waals surface area contributed by atoms with Crippen molar-refractivity contribution in [1.29, 1.82) is 0 Å². The van der Waals surface area contributed by atoms with Crippen molar-refractivity contribution in [3.63, 3.8) is 0 Å². The van der Waals surface area contributed by atoms with E-state index in [-0.39, 0.29) is 0 Å². The van der Waals surface area contributed by atoms with Crippen molar-refractivity contribution >= 4 is 0 Å². The summed E-state index contributed by atoms with van der Waals surface area (Å²) in [6.45, 7) is 4.55. The lowest BCUT2D eigenvalue weighted by Crippen LogP contribution is -2.00. The fraction of sp³-hybridized carbons (Fsp3) is 0.444. The lowest BCUT2D eigenvalue weighted by molar-refractivity contribution is 0.691. The summed E-state index contributed by atoms with van der Waals surface area (Å²) in [7, 11) is 0. The second-order valence-corrected chi connectivity index (χ2v) is 5.43. The third-order valence-electron chi connectivity index (χ3n) is 4.42. The maximum atomic E-state index is 2.49. The molecule has 0 aromatic carbocycles. The van der Waals surface area contributed by atoms with E-state index in [1.54, 1.807) is 16.7 Å². The van der Waals surface area contributed by atoms with E-state index >= 15 is 0 Å². The molecule has 0 radical (unpaired) electrons. The summed E-state index contributed by atoms with van der Waals surface area (Å²) in [6.07, 6.45) is 7.61. The highest BCUT2D eigenvalue weighted by molar-refractivity contribution is 5.79. The van der Waals surface area contributed by atoms with Gasteiger partial charge in [0.1, 0.15) is 0 Å². The first kappa shape index (κ1) is 11.8. The van der Waals surface area contributed by atoms with Crippen LogP contribution in [0.4, 0.5) is 0 Å². The van der Waals surface area contributed by atoms with E-state index in [1.165, 1.54) is 42.4 Å². The van der Waals surface area contributed by atoms with Crippen LogP contribution in [0.2, 0.25) is 0 Å². The molecule has 0 heterocycles. The van der Waals surface area contributed by atoms with Crippen molar-refractivity contribution in [3.8, 4) is 11.1 Å². The van der Waals surface area contributed by atoms with Crippen LogP contribution in [-0.2, 0) is 25.7 Å². The van der Waals surface area contributed by atoms with Gasteiger partial charge < -0.3 is 0 Å². The minimum atomic E-state index is 1.14. The molecule has 0 heteroatoms. The monoisotopic (exact) mass is 238 g/mol. The fourth-order valence-corrected chi connectivity index (χ4v) is 3.46. The first-order valence-corrected chi connectivity index (χ1v) is 7.40. The van der Waals surface area contributed by atoms with Crippen LogP contribution in [0.15, 0.2) is 24.3 Å². The number of hydrogen-bond acceptors (Lipinski definition) is 0. The van der Waals surface area contributed by atoms with Crippen LogP contribution >= 0.6 is 0 Å². The highest BCUT2D eigenvalue weighted by Crippen LogP contribution is 2.40. The Kier molecular flexibility index (Phi) is 3.11. The molecule has 0 nitrogen and oxygen atoms in total. The molecule has 0 aliphatic heterocycles. The summed E-state index contributed by atoms with van der Waals surface area (Å²) in [5.41, 5.74) is 9.47. The van der Waals surface area contributed by atoms with Crippen LogP contribution in [0.3, 0.4) is 0 Å². The number of aryl methyl sites for hydroxylation is 3. The van der Waals surface area contributed by atoms with Crippen LogP contribution in [-0.4, -0.2) is 0 Å². The summed E-state index contributed by atoms with van der Waals surface area (Å²) in [6, 6.07) is 9.37. The average Bonchev–Trinajstić information content (AvgIpc) is 2.69. The Morgan fingerprint density at radius 2 is 1.67 bits per heavy atom. The summed E-state index contributed by atoms with van der Waals surface area (Å²) in [4.78, 5) is 0. The molecule has 0 fully saturated rings. The van der Waals surface area contributed by atoms with Gasteiger partial charge >= 0.3 is 0 Å². The molecule has 3 aliphatic rings. The van der Waals surface area contributed by atoms with Gasteiger partial charge in [0.25, 0.3) is 0 Å². The number of hydrogen-bond donors (Lipinski definition) is 0. The smallest absolute Gasteiger partial charge is 0.0114 e. The Hall–Kier alpha value is -1.30. The van der Waals surface area contributed by atoms with Gasteiger partial charge in [-0.05, 0) is 71.9 Å². The lowest BCUT2D eigenvalue weighted by atomic mass is 9.91. The van der Waals surface area contributed by atoms with Gasteiger partial charge in [-0.1, -0.05) is 38.1 Å². The SMILES string of the molecule is CCc1cccc(CC)c2c3c(cc1-2)CCCC3. The van der Waals surface area contributed by atoms with E-state index in [0.29, 0.717) is 0 Å². The molecule has 0 saturated carbocycles. The average molecular weight is 238 g/mol. The second kappa shape index (κ2) is 4.76. The molecule has 0 bridgehead atoms. The topological polar surface area (TPSA) is 0 Å². The Morgan fingerprint density at radius 3 is 2.44 bits per heavy atom. The minimum Gasteiger partial charge on any atom is -0.0617 e. The quantitative estimate of drug-likeness (QED) is 0.705. The van der Waals surface area contributed by atoms with E-state index in [2.05, 4.69) is 38.1 Å². The molecule has 0 saturated heterocycles. The molecule has 0 amide bonds. The molecule has 3 rings (SSSR count). The Bertz CT molecular complexity index is 536. The predicted octanol–water partition coefficient (Wildman–Crippen LogP) is 4.80. The van der Waals surface area contributed by atoms with Crippen LogP contribution in [0, 0.1) is 0 Å². The molecule has 0 aromatic rings. The van der Waals surface area contributed by atoms with E-state index in [9.17, 15) is 0 Å². The van der Waals surface area contributed by atoms with E-state index in [0.717, 1.165) is 12.8 Å². The molecule has 0 N–H and O–H groups in total. The molecule has 94 valence electrons. The van der Waals surface area contributed by atoms with Gasteiger partial charge in [-0.15, -0.1) is 0 Å². The molecular weight excluding hydrogens is 216 g/mol. The van der Waals surface area contributed by atoms with Crippen molar-refractivity contribution in [3.05, 3.63) is 46.5 Å². The zero-order valence-electron chi connectivity index (χ0n) is 11.6. The van der Waals surface area contributed by atoms with Crippen LogP contribution in [0.5, 0.6) is 0 Å². The van der Waals surface area contributed by atoms with Crippen molar-refractivity contribution in [2.45, 2.75) is 52.4 Å². The van der Waals surface area contributed by atoms with Gasteiger partial charge in [0, 0.05) is 0 Å². The van der Waals surface area contributed by atoms with Gasteiger partial charge in [-0.2, -0.15) is 0 Å². The van der Waals surface area contributed by atoms with Crippen LogP contribution < -0.4 is 0 Å². The van der Waals surface area contributed by atoms with Gasteiger partial charge in [0.05, 0.1) is 0 Å². The van der Waals surface area contributed by atoms with E-state index in [1.807, 2.05) is 0 Å². The molecule has 0 aromatic heterocycles. The van der Waals surface area contributed by atoms with Crippen molar-refractivity contribution in [2.75, 3.05) is 0 Å². The zero-order chi connectivity index (χ0) is 12.5. The fourth-order valence-electron chi connectivity index (χ4n) is 3.46. The molecule has 0 atom stereocenters. The third kappa shape index (κ3) is 1.75. The third-order valence-corrected chi connectivity index (χ3v) is 4.42. The predicted molar refractivity (Wildman–Crippen MR) is 78.5 cm³/mol. The highest BCUT2D eigenvalue weighted by Gasteiger charge is 2.21. The Labute approximate surface area is 110 Å². The number of fused-ring (bicyclic) bond motifs is 3. The largest absolute Gasteiger partial charge is 0.0617 e. The lowest BCUT2D eigenvalue weighted by Gasteiger charge is -2.14. The van der Waals surface area contributed by atoms with Gasteiger partial charge in [0.15, 0.2) is 0 Å². The number of rotatable bonds is 2. The Balaban J connectivity index is 2.31. The minimum absolute atomic E-state index is 1.14. The van der Waals surface area contributed by atoms with Crippen molar-refractivity contribution < 1.29 is 0 Å². The Morgan fingerprint density at radius 1 is 0.944 bits per heavy atom. The summed E-state index contributed by atoms with van der Waals surface area (Å²) in [5, 5.41) is 0. The van der Waals surface area contributed by atoms with E-state index in [4.69, 9.17) is 0 Å². The summed E-state index contributed by atoms with van der Waals surface area (Å²) < 4.78 is 0. The molecule has 0 spiro atoms.